The first-order chi connectivity index (χ1) is 14.5. The van der Waals surface area contributed by atoms with Crippen molar-refractivity contribution in [3.05, 3.63) is 105 Å². The Bertz CT molecular complexity index is 1230. The number of carbonyl (C=O) groups is 1. The SMILES string of the molecule is Cc1cccc(C(=O)Oc2ccc3c(c2)OC(N)=C(C#N)C3c2ccccc2Br)c1. The number of carbonyl (C=O) groups excluding carboxylic acids is 1. The lowest BCUT2D eigenvalue weighted by Gasteiger charge is -2.27. The first-order valence-corrected chi connectivity index (χ1v) is 10.0. The van der Waals surface area contributed by atoms with E-state index in [2.05, 4.69) is 22.0 Å². The average Bonchev–Trinajstić information content (AvgIpc) is 2.73. The number of halogens is 1. The van der Waals surface area contributed by atoms with Crippen LogP contribution in [0.1, 0.15) is 33.0 Å². The molecule has 0 aliphatic carbocycles. The molecule has 0 radical (unpaired) electrons. The molecule has 0 aromatic heterocycles. The van der Waals surface area contributed by atoms with E-state index in [-0.39, 0.29) is 5.88 Å². The van der Waals surface area contributed by atoms with Gasteiger partial charge in [-0.3, -0.25) is 0 Å². The molecule has 3 aromatic rings. The first kappa shape index (κ1) is 19.7. The number of ether oxygens (including phenoxy) is 2. The number of nitrogens with two attached hydrogens (primary N) is 1. The molecule has 1 aliphatic heterocycles. The standard InChI is InChI=1S/C24H17BrN2O3/c1-14-5-4-6-15(11-14)24(28)29-16-9-10-18-21(12-16)30-23(27)19(13-26)22(18)17-7-2-3-8-20(17)25/h2-12,22H,27H2,1H3. The highest BCUT2D eigenvalue weighted by molar-refractivity contribution is 9.10. The summed E-state index contributed by atoms with van der Waals surface area (Å²) in [5.41, 5.74) is 9.48. The van der Waals surface area contributed by atoms with Gasteiger partial charge in [-0.15, -0.1) is 0 Å². The highest BCUT2D eigenvalue weighted by atomic mass is 79.9. The van der Waals surface area contributed by atoms with Crippen molar-refractivity contribution in [2.45, 2.75) is 12.8 Å². The maximum Gasteiger partial charge on any atom is 0.343 e. The van der Waals surface area contributed by atoms with Crippen LogP contribution in [0.2, 0.25) is 0 Å². The summed E-state index contributed by atoms with van der Waals surface area (Å²) in [5.74, 6) is -0.0389. The average molecular weight is 461 g/mol. The van der Waals surface area contributed by atoms with Gasteiger partial charge in [0.1, 0.15) is 23.1 Å². The first-order valence-electron chi connectivity index (χ1n) is 9.22. The third-order valence-electron chi connectivity index (χ3n) is 4.87. The summed E-state index contributed by atoms with van der Waals surface area (Å²) in [7, 11) is 0. The van der Waals surface area contributed by atoms with Crippen LogP contribution in [0.15, 0.2) is 82.7 Å². The Balaban J connectivity index is 1.71. The Hall–Kier alpha value is -3.56. The zero-order chi connectivity index (χ0) is 21.3. The summed E-state index contributed by atoms with van der Waals surface area (Å²) >= 11 is 3.56. The van der Waals surface area contributed by atoms with E-state index < -0.39 is 11.9 Å². The fourth-order valence-corrected chi connectivity index (χ4v) is 3.98. The Morgan fingerprint density at radius 2 is 1.90 bits per heavy atom. The van der Waals surface area contributed by atoms with Crippen LogP contribution < -0.4 is 15.2 Å². The molecule has 3 aromatic carbocycles. The quantitative estimate of drug-likeness (QED) is 0.429. The van der Waals surface area contributed by atoms with Gasteiger partial charge in [0.05, 0.1) is 11.5 Å². The second kappa shape index (κ2) is 8.05. The third-order valence-corrected chi connectivity index (χ3v) is 5.59. The minimum Gasteiger partial charge on any atom is -0.440 e. The van der Waals surface area contributed by atoms with Gasteiger partial charge in [0.2, 0.25) is 5.88 Å². The van der Waals surface area contributed by atoms with Crippen molar-refractivity contribution in [1.82, 2.24) is 0 Å². The van der Waals surface area contributed by atoms with E-state index in [1.165, 1.54) is 0 Å². The molecule has 1 aliphatic rings. The van der Waals surface area contributed by atoms with E-state index in [0.29, 0.717) is 22.6 Å². The highest BCUT2D eigenvalue weighted by Gasteiger charge is 2.32. The Labute approximate surface area is 182 Å². The number of nitriles is 1. The number of fused-ring (bicyclic) bond motifs is 1. The van der Waals surface area contributed by atoms with Gasteiger partial charge in [0.25, 0.3) is 0 Å². The van der Waals surface area contributed by atoms with Gasteiger partial charge in [0.15, 0.2) is 0 Å². The molecule has 1 unspecified atom stereocenters. The van der Waals surface area contributed by atoms with Crippen molar-refractivity contribution in [3.8, 4) is 17.6 Å². The summed E-state index contributed by atoms with van der Waals surface area (Å²) in [6.07, 6.45) is 0. The van der Waals surface area contributed by atoms with Gasteiger partial charge >= 0.3 is 5.97 Å². The van der Waals surface area contributed by atoms with E-state index in [4.69, 9.17) is 15.2 Å². The predicted octanol–water partition coefficient (Wildman–Crippen LogP) is 5.19. The maximum atomic E-state index is 12.5. The fraction of sp³-hybridized carbons (Fsp3) is 0.0833. The lowest BCUT2D eigenvalue weighted by Crippen LogP contribution is -2.21. The Morgan fingerprint density at radius 3 is 2.63 bits per heavy atom. The number of allylic oxidation sites excluding steroid dienone is 1. The van der Waals surface area contributed by atoms with Gasteiger partial charge in [-0.1, -0.05) is 57.9 Å². The lowest BCUT2D eigenvalue weighted by atomic mass is 9.83. The fourth-order valence-electron chi connectivity index (χ4n) is 3.47. The van der Waals surface area contributed by atoms with Crippen LogP contribution in [-0.2, 0) is 0 Å². The monoisotopic (exact) mass is 460 g/mol. The number of rotatable bonds is 3. The molecule has 0 fully saturated rings. The molecular weight excluding hydrogens is 444 g/mol. The number of hydrogen-bond acceptors (Lipinski definition) is 5. The van der Waals surface area contributed by atoms with Crippen molar-refractivity contribution in [1.29, 1.82) is 5.26 Å². The second-order valence-electron chi connectivity index (χ2n) is 6.90. The van der Waals surface area contributed by atoms with Gasteiger partial charge in [0, 0.05) is 16.1 Å². The molecule has 2 N–H and O–H groups in total. The molecular formula is C24H17BrN2O3. The third kappa shape index (κ3) is 3.68. The van der Waals surface area contributed by atoms with Crippen molar-refractivity contribution in [2.24, 2.45) is 5.73 Å². The van der Waals surface area contributed by atoms with Crippen molar-refractivity contribution >= 4 is 21.9 Å². The van der Waals surface area contributed by atoms with Gasteiger partial charge in [-0.2, -0.15) is 5.26 Å². The van der Waals surface area contributed by atoms with E-state index in [0.717, 1.165) is 21.2 Å². The molecule has 30 heavy (non-hydrogen) atoms. The molecule has 0 saturated carbocycles. The molecule has 0 spiro atoms. The van der Waals surface area contributed by atoms with E-state index in [9.17, 15) is 10.1 Å². The molecule has 148 valence electrons. The Morgan fingerprint density at radius 1 is 1.10 bits per heavy atom. The minimum atomic E-state index is -0.460. The highest BCUT2D eigenvalue weighted by Crippen LogP contribution is 2.45. The van der Waals surface area contributed by atoms with Crippen LogP contribution >= 0.6 is 15.9 Å². The summed E-state index contributed by atoms with van der Waals surface area (Å²) in [5, 5.41) is 9.68. The second-order valence-corrected chi connectivity index (χ2v) is 7.76. The number of hydrogen-bond donors (Lipinski definition) is 1. The summed E-state index contributed by atoms with van der Waals surface area (Å²) in [6.45, 7) is 1.91. The molecule has 0 amide bonds. The van der Waals surface area contributed by atoms with Gasteiger partial charge in [-0.25, -0.2) is 4.79 Å². The number of esters is 1. The van der Waals surface area contributed by atoms with E-state index >= 15 is 0 Å². The molecule has 6 heteroatoms. The molecule has 4 rings (SSSR count). The molecule has 0 bridgehead atoms. The zero-order valence-electron chi connectivity index (χ0n) is 16.1. The molecule has 0 saturated heterocycles. The number of nitrogens with zero attached hydrogens (tertiary/aromatic N) is 1. The van der Waals surface area contributed by atoms with Crippen molar-refractivity contribution < 1.29 is 14.3 Å². The van der Waals surface area contributed by atoms with Crippen molar-refractivity contribution in [3.63, 3.8) is 0 Å². The smallest absolute Gasteiger partial charge is 0.343 e. The molecule has 1 heterocycles. The topological polar surface area (TPSA) is 85.3 Å². The van der Waals surface area contributed by atoms with Crippen molar-refractivity contribution in [2.75, 3.05) is 0 Å². The van der Waals surface area contributed by atoms with Crippen LogP contribution in [0, 0.1) is 18.3 Å². The maximum absolute atomic E-state index is 12.5. The largest absolute Gasteiger partial charge is 0.440 e. The molecule has 1 atom stereocenters. The minimum absolute atomic E-state index is 0.0351. The Kier molecular flexibility index (Phi) is 5.30. The van der Waals surface area contributed by atoms with Crippen LogP contribution in [0.3, 0.4) is 0 Å². The number of benzene rings is 3. The summed E-state index contributed by atoms with van der Waals surface area (Å²) in [4.78, 5) is 12.5. The molecule has 5 nitrogen and oxygen atoms in total. The lowest BCUT2D eigenvalue weighted by molar-refractivity contribution is 0.0734. The van der Waals surface area contributed by atoms with Crippen LogP contribution in [-0.4, -0.2) is 5.97 Å². The van der Waals surface area contributed by atoms with E-state index in [1.54, 1.807) is 36.4 Å². The number of aryl methyl sites for hydroxylation is 1. The normalized spacial score (nSPS) is 15.0. The van der Waals surface area contributed by atoms with E-state index in [1.807, 2.05) is 37.3 Å². The van der Waals surface area contributed by atoms with Crippen LogP contribution in [0.4, 0.5) is 0 Å². The summed E-state index contributed by atoms with van der Waals surface area (Å²) in [6, 6.07) is 22.1. The zero-order valence-corrected chi connectivity index (χ0v) is 17.6. The predicted molar refractivity (Wildman–Crippen MR) is 116 cm³/mol. The van der Waals surface area contributed by atoms with Crippen LogP contribution in [0.25, 0.3) is 0 Å². The summed E-state index contributed by atoms with van der Waals surface area (Å²) < 4.78 is 12.1. The van der Waals surface area contributed by atoms with Gasteiger partial charge < -0.3 is 15.2 Å². The van der Waals surface area contributed by atoms with Crippen LogP contribution in [0.5, 0.6) is 11.5 Å². The van der Waals surface area contributed by atoms with Gasteiger partial charge in [-0.05, 0) is 36.8 Å².